The zero-order valence-electron chi connectivity index (χ0n) is 12.2. The molecule has 1 N–H and O–H groups in total. The second-order valence-electron chi connectivity index (χ2n) is 5.80. The lowest BCUT2D eigenvalue weighted by Gasteiger charge is -2.46. The van der Waals surface area contributed by atoms with Gasteiger partial charge in [0.1, 0.15) is 11.7 Å². The van der Waals surface area contributed by atoms with Crippen molar-refractivity contribution in [3.63, 3.8) is 0 Å². The van der Waals surface area contributed by atoms with Crippen LogP contribution in [0, 0.1) is 5.41 Å². The minimum absolute atomic E-state index is 0.112. The molecule has 0 saturated heterocycles. The van der Waals surface area contributed by atoms with Gasteiger partial charge in [-0.05, 0) is 44.1 Å². The highest BCUT2D eigenvalue weighted by atomic mass is 16.5. The molecular formula is C15H22O4. The van der Waals surface area contributed by atoms with Gasteiger partial charge in [-0.1, -0.05) is 13.8 Å². The van der Waals surface area contributed by atoms with Crippen LogP contribution in [-0.4, -0.2) is 28.6 Å². The third-order valence-electron chi connectivity index (χ3n) is 3.66. The number of aliphatic hydroxyl groups is 1. The Bertz CT molecular complexity index is 445. The number of rotatable bonds is 3. The molecule has 1 rings (SSSR count). The van der Waals surface area contributed by atoms with Crippen LogP contribution in [0.25, 0.3) is 0 Å². The molecule has 1 aliphatic rings. The van der Waals surface area contributed by atoms with Crippen LogP contribution in [0.5, 0.6) is 0 Å². The van der Waals surface area contributed by atoms with Crippen molar-refractivity contribution in [3.8, 4) is 0 Å². The summed E-state index contributed by atoms with van der Waals surface area (Å²) in [5, 5.41) is 10.8. The Labute approximate surface area is 114 Å². The molecule has 0 aliphatic heterocycles. The summed E-state index contributed by atoms with van der Waals surface area (Å²) in [5.74, 6) is -0.450. The number of ketones is 1. The van der Waals surface area contributed by atoms with Crippen LogP contribution in [0.3, 0.4) is 0 Å². The highest BCUT2D eigenvalue weighted by molar-refractivity contribution is 5.87. The standard InChI is InChI=1S/C15H22O4/c1-10-8-13(19-12(3)17)9-14(4,5)15(10,18)7-6-11(2)16/h6-8,13,18H,9H2,1-5H3/b7-6+/t13-,15+/m0/s1. The number of carbonyl (C=O) groups excluding carboxylic acids is 2. The summed E-state index contributed by atoms with van der Waals surface area (Å²) in [7, 11) is 0. The van der Waals surface area contributed by atoms with E-state index in [0.29, 0.717) is 12.0 Å². The molecular weight excluding hydrogens is 244 g/mol. The second kappa shape index (κ2) is 5.29. The lowest BCUT2D eigenvalue weighted by Crippen LogP contribution is -2.49. The largest absolute Gasteiger partial charge is 0.458 e. The van der Waals surface area contributed by atoms with E-state index in [0.717, 1.165) is 0 Å². The third-order valence-corrected chi connectivity index (χ3v) is 3.66. The van der Waals surface area contributed by atoms with Crippen LogP contribution in [0.15, 0.2) is 23.8 Å². The molecule has 0 radical (unpaired) electrons. The molecule has 19 heavy (non-hydrogen) atoms. The van der Waals surface area contributed by atoms with E-state index in [2.05, 4.69) is 0 Å². The molecule has 1 aliphatic carbocycles. The summed E-state index contributed by atoms with van der Waals surface area (Å²) in [6, 6.07) is 0. The van der Waals surface area contributed by atoms with E-state index >= 15 is 0 Å². The number of hydrogen-bond acceptors (Lipinski definition) is 4. The lowest BCUT2D eigenvalue weighted by atomic mass is 9.64. The summed E-state index contributed by atoms with van der Waals surface area (Å²) in [6.45, 7) is 8.37. The molecule has 0 aromatic heterocycles. The fourth-order valence-electron chi connectivity index (χ4n) is 2.54. The van der Waals surface area contributed by atoms with Crippen molar-refractivity contribution in [1.29, 1.82) is 0 Å². The number of ether oxygens (including phenoxy) is 1. The highest BCUT2D eigenvalue weighted by Gasteiger charge is 2.47. The molecule has 0 unspecified atom stereocenters. The fourth-order valence-corrected chi connectivity index (χ4v) is 2.54. The normalized spacial score (nSPS) is 30.0. The first-order chi connectivity index (χ1) is 8.58. The number of allylic oxidation sites excluding steroid dienone is 1. The van der Waals surface area contributed by atoms with Crippen molar-refractivity contribution in [3.05, 3.63) is 23.8 Å². The Morgan fingerprint density at radius 3 is 2.42 bits per heavy atom. The summed E-state index contributed by atoms with van der Waals surface area (Å²) in [4.78, 5) is 22.1. The van der Waals surface area contributed by atoms with Gasteiger partial charge in [0.15, 0.2) is 5.78 Å². The highest BCUT2D eigenvalue weighted by Crippen LogP contribution is 2.45. The Morgan fingerprint density at radius 2 is 2.00 bits per heavy atom. The molecule has 0 saturated carbocycles. The van der Waals surface area contributed by atoms with Gasteiger partial charge >= 0.3 is 5.97 Å². The number of carbonyl (C=O) groups is 2. The van der Waals surface area contributed by atoms with Crippen LogP contribution in [0.1, 0.15) is 41.0 Å². The van der Waals surface area contributed by atoms with Crippen LogP contribution >= 0.6 is 0 Å². The first kappa shape index (κ1) is 15.6. The zero-order valence-corrected chi connectivity index (χ0v) is 12.2. The smallest absolute Gasteiger partial charge is 0.303 e. The molecule has 0 spiro atoms. The van der Waals surface area contributed by atoms with Gasteiger partial charge in [0.2, 0.25) is 0 Å². The maximum atomic E-state index is 11.1. The van der Waals surface area contributed by atoms with E-state index in [9.17, 15) is 14.7 Å². The topological polar surface area (TPSA) is 63.6 Å². The average Bonchev–Trinajstić information content (AvgIpc) is 2.21. The van der Waals surface area contributed by atoms with Crippen molar-refractivity contribution in [2.24, 2.45) is 5.41 Å². The zero-order chi connectivity index (χ0) is 14.8. The van der Waals surface area contributed by atoms with Crippen molar-refractivity contribution in [1.82, 2.24) is 0 Å². The van der Waals surface area contributed by atoms with Gasteiger partial charge in [-0.3, -0.25) is 9.59 Å². The molecule has 0 aromatic rings. The van der Waals surface area contributed by atoms with E-state index < -0.39 is 11.0 Å². The Kier molecular flexibility index (Phi) is 4.35. The molecule has 106 valence electrons. The van der Waals surface area contributed by atoms with Gasteiger partial charge in [0.25, 0.3) is 0 Å². The van der Waals surface area contributed by atoms with Gasteiger partial charge in [0, 0.05) is 12.3 Å². The van der Waals surface area contributed by atoms with Crippen molar-refractivity contribution < 1.29 is 19.4 Å². The summed E-state index contributed by atoms with van der Waals surface area (Å²) in [6.07, 6.45) is 4.83. The van der Waals surface area contributed by atoms with Crippen LogP contribution in [-0.2, 0) is 14.3 Å². The van der Waals surface area contributed by atoms with E-state index in [1.165, 1.54) is 26.0 Å². The van der Waals surface area contributed by atoms with E-state index in [1.807, 2.05) is 13.8 Å². The number of hydrogen-bond donors (Lipinski definition) is 1. The van der Waals surface area contributed by atoms with Crippen LogP contribution in [0.2, 0.25) is 0 Å². The first-order valence-electron chi connectivity index (χ1n) is 6.37. The molecule has 0 heterocycles. The molecule has 0 aromatic carbocycles. The predicted octanol–water partition coefficient (Wildman–Crippen LogP) is 2.17. The second-order valence-corrected chi connectivity index (χ2v) is 5.80. The van der Waals surface area contributed by atoms with Gasteiger partial charge in [0.05, 0.1) is 0 Å². The van der Waals surface area contributed by atoms with E-state index in [1.54, 1.807) is 13.0 Å². The minimum atomic E-state index is -1.20. The van der Waals surface area contributed by atoms with Crippen molar-refractivity contribution in [2.45, 2.75) is 52.7 Å². The summed E-state index contributed by atoms with van der Waals surface area (Å²) < 4.78 is 5.20. The predicted molar refractivity (Wildman–Crippen MR) is 72.5 cm³/mol. The first-order valence-corrected chi connectivity index (χ1v) is 6.37. The lowest BCUT2D eigenvalue weighted by molar-refractivity contribution is -0.147. The maximum Gasteiger partial charge on any atom is 0.303 e. The summed E-state index contributed by atoms with van der Waals surface area (Å²) >= 11 is 0. The monoisotopic (exact) mass is 266 g/mol. The van der Waals surface area contributed by atoms with Crippen molar-refractivity contribution >= 4 is 11.8 Å². The Balaban J connectivity index is 3.12. The molecule has 0 bridgehead atoms. The maximum absolute atomic E-state index is 11.1. The van der Waals surface area contributed by atoms with E-state index in [-0.39, 0.29) is 17.9 Å². The Morgan fingerprint density at radius 1 is 1.42 bits per heavy atom. The fraction of sp³-hybridized carbons (Fsp3) is 0.600. The van der Waals surface area contributed by atoms with Gasteiger partial charge in [-0.2, -0.15) is 0 Å². The summed E-state index contributed by atoms with van der Waals surface area (Å²) in [5.41, 5.74) is -1.04. The van der Waals surface area contributed by atoms with Crippen LogP contribution in [0.4, 0.5) is 0 Å². The average molecular weight is 266 g/mol. The SMILES string of the molecule is CC(=O)/C=C/[C@@]1(O)C(C)=C[C@H](OC(C)=O)CC1(C)C. The number of esters is 1. The molecule has 0 amide bonds. The molecule has 0 fully saturated rings. The van der Waals surface area contributed by atoms with Crippen molar-refractivity contribution in [2.75, 3.05) is 0 Å². The Hall–Kier alpha value is -1.42. The van der Waals surface area contributed by atoms with Gasteiger partial charge in [-0.15, -0.1) is 0 Å². The van der Waals surface area contributed by atoms with Gasteiger partial charge in [-0.25, -0.2) is 0 Å². The quantitative estimate of drug-likeness (QED) is 0.483. The van der Waals surface area contributed by atoms with E-state index in [4.69, 9.17) is 4.74 Å². The minimum Gasteiger partial charge on any atom is -0.458 e. The molecule has 4 heteroatoms. The molecule has 4 nitrogen and oxygen atoms in total. The third kappa shape index (κ3) is 3.32. The van der Waals surface area contributed by atoms with Crippen LogP contribution < -0.4 is 0 Å². The molecule has 2 atom stereocenters. The van der Waals surface area contributed by atoms with Gasteiger partial charge < -0.3 is 9.84 Å².